The molecule has 2 fully saturated rings. The summed E-state index contributed by atoms with van der Waals surface area (Å²) in [5.74, 6) is -0.568. The number of rotatable bonds is 3. The first-order valence-electron chi connectivity index (χ1n) is 7.78. The lowest BCUT2D eigenvalue weighted by molar-refractivity contribution is -0.125. The van der Waals surface area contributed by atoms with Gasteiger partial charge in [0.2, 0.25) is 11.8 Å². The maximum atomic E-state index is 12.7. The third-order valence-corrected chi connectivity index (χ3v) is 4.69. The van der Waals surface area contributed by atoms with Gasteiger partial charge in [-0.1, -0.05) is 23.2 Å². The third kappa shape index (κ3) is 3.65. The fourth-order valence-electron chi connectivity index (χ4n) is 3.13. The van der Waals surface area contributed by atoms with Gasteiger partial charge >= 0.3 is 0 Å². The summed E-state index contributed by atoms with van der Waals surface area (Å²) in [6, 6.07) is 3.89. The highest BCUT2D eigenvalue weighted by Crippen LogP contribution is 2.24. The number of hydrogen-bond acceptors (Lipinski definition) is 3. The number of benzene rings is 1. The van der Waals surface area contributed by atoms with Crippen molar-refractivity contribution < 1.29 is 14.4 Å². The predicted molar refractivity (Wildman–Crippen MR) is 90.1 cm³/mol. The molecule has 2 atom stereocenters. The topological polar surface area (TPSA) is 78.5 Å². The minimum atomic E-state index is -0.536. The van der Waals surface area contributed by atoms with Gasteiger partial charge in [-0.2, -0.15) is 0 Å². The van der Waals surface area contributed by atoms with Gasteiger partial charge in [-0.3, -0.25) is 14.4 Å². The first-order chi connectivity index (χ1) is 11.4. The van der Waals surface area contributed by atoms with Gasteiger partial charge in [-0.25, -0.2) is 0 Å². The van der Waals surface area contributed by atoms with E-state index in [4.69, 9.17) is 23.2 Å². The van der Waals surface area contributed by atoms with Crippen molar-refractivity contribution in [1.82, 2.24) is 15.5 Å². The number of amides is 3. The van der Waals surface area contributed by atoms with Crippen LogP contribution in [0.5, 0.6) is 0 Å². The molecule has 128 valence electrons. The summed E-state index contributed by atoms with van der Waals surface area (Å²) in [7, 11) is 0. The smallest absolute Gasteiger partial charge is 0.254 e. The highest BCUT2D eigenvalue weighted by molar-refractivity contribution is 6.35. The maximum Gasteiger partial charge on any atom is 0.254 e. The van der Waals surface area contributed by atoms with E-state index in [1.54, 1.807) is 23.1 Å². The number of nitrogens with zero attached hydrogens (tertiary/aromatic N) is 1. The lowest BCUT2D eigenvalue weighted by atomic mass is 10.1. The van der Waals surface area contributed by atoms with E-state index in [0.29, 0.717) is 35.1 Å². The molecule has 0 aliphatic carbocycles. The summed E-state index contributed by atoms with van der Waals surface area (Å²) < 4.78 is 0. The van der Waals surface area contributed by atoms with Crippen molar-refractivity contribution in [3.63, 3.8) is 0 Å². The predicted octanol–water partition coefficient (Wildman–Crippen LogP) is 1.60. The second-order valence-electron chi connectivity index (χ2n) is 6.03. The molecule has 3 amide bonds. The minimum absolute atomic E-state index is 0.0757. The molecule has 24 heavy (non-hydrogen) atoms. The van der Waals surface area contributed by atoms with Crippen LogP contribution in [0.3, 0.4) is 0 Å². The summed E-state index contributed by atoms with van der Waals surface area (Å²) >= 11 is 11.9. The highest BCUT2D eigenvalue weighted by Gasteiger charge is 2.36. The molecule has 6 nitrogen and oxygen atoms in total. The van der Waals surface area contributed by atoms with Crippen molar-refractivity contribution in [2.24, 2.45) is 0 Å². The van der Waals surface area contributed by atoms with Crippen LogP contribution < -0.4 is 10.6 Å². The molecule has 0 unspecified atom stereocenters. The fourth-order valence-corrected chi connectivity index (χ4v) is 3.66. The van der Waals surface area contributed by atoms with Crippen LogP contribution in [0.15, 0.2) is 18.2 Å². The zero-order valence-corrected chi connectivity index (χ0v) is 14.4. The van der Waals surface area contributed by atoms with Gasteiger partial charge in [0, 0.05) is 35.1 Å². The molecule has 2 aliphatic heterocycles. The average molecular weight is 370 g/mol. The van der Waals surface area contributed by atoms with Crippen LogP contribution in [0.4, 0.5) is 0 Å². The largest absolute Gasteiger partial charge is 0.354 e. The highest BCUT2D eigenvalue weighted by atomic mass is 35.5. The fraction of sp³-hybridized carbons (Fsp3) is 0.438. The number of nitrogens with one attached hydrogen (secondary N) is 2. The summed E-state index contributed by atoms with van der Waals surface area (Å²) in [6.07, 6.45) is 1.62. The van der Waals surface area contributed by atoms with E-state index < -0.39 is 6.04 Å². The molecule has 1 aromatic carbocycles. The standard InChI is InChI=1S/C16H17Cl2N3O3/c17-10-4-9(5-11(18)6-10)16(24)21-3-1-2-13(21)15(23)20-12-7-14(22)19-8-12/h4-6,12-13H,1-3,7-8H2,(H,19,22)(H,20,23)/t12-,13+/m0/s1. The zero-order chi connectivity index (χ0) is 17.3. The monoisotopic (exact) mass is 369 g/mol. The second kappa shape index (κ2) is 6.99. The SMILES string of the molecule is O=C1C[C@H](NC(=O)[C@H]2CCCN2C(=O)c2cc(Cl)cc(Cl)c2)CN1. The van der Waals surface area contributed by atoms with E-state index in [-0.39, 0.29) is 30.2 Å². The molecule has 2 N–H and O–H groups in total. The van der Waals surface area contributed by atoms with Crippen LogP contribution in [0, 0.1) is 0 Å². The molecule has 1 aromatic rings. The van der Waals surface area contributed by atoms with E-state index in [2.05, 4.69) is 10.6 Å². The molecular weight excluding hydrogens is 353 g/mol. The Morgan fingerprint density at radius 2 is 1.92 bits per heavy atom. The van der Waals surface area contributed by atoms with Crippen LogP contribution in [0.25, 0.3) is 0 Å². The molecule has 0 bridgehead atoms. The van der Waals surface area contributed by atoms with Crippen LogP contribution in [0.2, 0.25) is 10.0 Å². The molecule has 0 spiro atoms. The Hall–Kier alpha value is -1.79. The van der Waals surface area contributed by atoms with Gasteiger partial charge in [-0.05, 0) is 31.0 Å². The third-order valence-electron chi connectivity index (χ3n) is 4.25. The molecule has 3 rings (SSSR count). The Morgan fingerprint density at radius 3 is 2.54 bits per heavy atom. The van der Waals surface area contributed by atoms with Crippen LogP contribution in [-0.4, -0.2) is 47.8 Å². The van der Waals surface area contributed by atoms with Gasteiger partial charge in [0.25, 0.3) is 5.91 Å². The number of halogens is 2. The lowest BCUT2D eigenvalue weighted by Crippen LogP contribution is -2.49. The summed E-state index contributed by atoms with van der Waals surface area (Å²) in [6.45, 7) is 0.929. The van der Waals surface area contributed by atoms with Gasteiger partial charge in [-0.15, -0.1) is 0 Å². The zero-order valence-electron chi connectivity index (χ0n) is 12.9. The van der Waals surface area contributed by atoms with Crippen molar-refractivity contribution >= 4 is 40.9 Å². The summed E-state index contributed by atoms with van der Waals surface area (Å²) in [5.41, 5.74) is 0.366. The Kier molecular flexibility index (Phi) is 4.96. The number of carbonyl (C=O) groups is 3. The van der Waals surface area contributed by atoms with Gasteiger partial charge in [0.15, 0.2) is 0 Å². The molecule has 2 aliphatic rings. The van der Waals surface area contributed by atoms with E-state index in [1.807, 2.05) is 0 Å². The normalized spacial score (nSPS) is 23.2. The van der Waals surface area contributed by atoms with Crippen LogP contribution in [-0.2, 0) is 9.59 Å². The average Bonchev–Trinajstić information content (AvgIpc) is 3.14. The number of carbonyl (C=O) groups excluding carboxylic acids is 3. The van der Waals surface area contributed by atoms with Crippen molar-refractivity contribution in [3.05, 3.63) is 33.8 Å². The summed E-state index contributed by atoms with van der Waals surface area (Å²) in [4.78, 5) is 38.0. The number of likely N-dealkylation sites (tertiary alicyclic amines) is 1. The van der Waals surface area contributed by atoms with Gasteiger partial charge in [0.1, 0.15) is 6.04 Å². The van der Waals surface area contributed by atoms with Crippen LogP contribution in [0.1, 0.15) is 29.6 Å². The Bertz CT molecular complexity index is 675. The Morgan fingerprint density at radius 1 is 1.21 bits per heavy atom. The van der Waals surface area contributed by atoms with Gasteiger partial charge < -0.3 is 15.5 Å². The molecule has 0 radical (unpaired) electrons. The van der Waals surface area contributed by atoms with Gasteiger partial charge in [0.05, 0.1) is 6.04 Å². The van der Waals surface area contributed by atoms with E-state index in [0.717, 1.165) is 6.42 Å². The van der Waals surface area contributed by atoms with Crippen molar-refractivity contribution in [2.75, 3.05) is 13.1 Å². The first-order valence-corrected chi connectivity index (χ1v) is 8.54. The molecule has 0 saturated carbocycles. The lowest BCUT2D eigenvalue weighted by Gasteiger charge is -2.25. The van der Waals surface area contributed by atoms with Crippen molar-refractivity contribution in [1.29, 1.82) is 0 Å². The maximum absolute atomic E-state index is 12.7. The van der Waals surface area contributed by atoms with Crippen molar-refractivity contribution in [2.45, 2.75) is 31.3 Å². The molecule has 2 saturated heterocycles. The van der Waals surface area contributed by atoms with E-state index in [1.165, 1.54) is 0 Å². The quantitative estimate of drug-likeness (QED) is 0.849. The Labute approximate surface area is 149 Å². The summed E-state index contributed by atoms with van der Waals surface area (Å²) in [5, 5.41) is 6.27. The first kappa shape index (κ1) is 17.0. The molecule has 0 aromatic heterocycles. The Balaban J connectivity index is 1.71. The number of hydrogen-bond donors (Lipinski definition) is 2. The minimum Gasteiger partial charge on any atom is -0.354 e. The van der Waals surface area contributed by atoms with E-state index in [9.17, 15) is 14.4 Å². The molecule has 2 heterocycles. The van der Waals surface area contributed by atoms with E-state index >= 15 is 0 Å². The molecule has 8 heteroatoms. The van der Waals surface area contributed by atoms with Crippen LogP contribution >= 0.6 is 23.2 Å². The second-order valence-corrected chi connectivity index (χ2v) is 6.90. The molecular formula is C16H17Cl2N3O3. The van der Waals surface area contributed by atoms with Crippen molar-refractivity contribution in [3.8, 4) is 0 Å².